The molecule has 0 aromatic carbocycles. The molecule has 0 spiro atoms. The van der Waals surface area contributed by atoms with Crippen molar-refractivity contribution in [2.24, 2.45) is 0 Å². The zero-order chi connectivity index (χ0) is 12.8. The number of anilines is 1. The van der Waals surface area contributed by atoms with Crippen LogP contribution in [0.4, 0.5) is 5.82 Å². The minimum absolute atomic E-state index is 0.314. The summed E-state index contributed by atoms with van der Waals surface area (Å²) < 4.78 is 11.1. The molecule has 0 saturated carbocycles. The van der Waals surface area contributed by atoms with E-state index in [1.54, 1.807) is 6.33 Å². The first-order valence-electron chi connectivity index (χ1n) is 6.57. The third kappa shape index (κ3) is 3.57. The van der Waals surface area contributed by atoms with Gasteiger partial charge in [0, 0.05) is 26.3 Å². The van der Waals surface area contributed by atoms with Crippen molar-refractivity contribution in [3.05, 3.63) is 12.4 Å². The lowest BCUT2D eigenvalue weighted by Crippen LogP contribution is -2.33. The molecular formula is C13H21N3O2. The maximum Gasteiger partial charge on any atom is 0.218 e. The van der Waals surface area contributed by atoms with Gasteiger partial charge >= 0.3 is 0 Å². The van der Waals surface area contributed by atoms with Crippen LogP contribution in [0.15, 0.2) is 12.4 Å². The van der Waals surface area contributed by atoms with Gasteiger partial charge in [-0.05, 0) is 26.2 Å². The van der Waals surface area contributed by atoms with Gasteiger partial charge in [-0.25, -0.2) is 9.97 Å². The number of rotatable bonds is 5. The Kier molecular flexibility index (Phi) is 4.75. The molecule has 0 bridgehead atoms. The molecule has 0 radical (unpaired) electrons. The zero-order valence-corrected chi connectivity index (χ0v) is 11.1. The molecule has 1 aliphatic heterocycles. The van der Waals surface area contributed by atoms with Crippen LogP contribution in [0.5, 0.6) is 5.88 Å². The van der Waals surface area contributed by atoms with Gasteiger partial charge in [-0.2, -0.15) is 0 Å². The fraction of sp³-hybridized carbons (Fsp3) is 0.692. The molecular weight excluding hydrogens is 230 g/mol. The summed E-state index contributed by atoms with van der Waals surface area (Å²) in [5, 5.41) is 0. The fourth-order valence-corrected chi connectivity index (χ4v) is 2.12. The lowest BCUT2D eigenvalue weighted by Gasteiger charge is -2.28. The molecule has 0 amide bonds. The van der Waals surface area contributed by atoms with Gasteiger partial charge in [0.05, 0.1) is 12.7 Å². The largest absolute Gasteiger partial charge is 0.478 e. The predicted octanol–water partition coefficient (Wildman–Crippen LogP) is 1.88. The summed E-state index contributed by atoms with van der Waals surface area (Å²) in [6.45, 7) is 4.31. The van der Waals surface area contributed by atoms with Gasteiger partial charge in [-0.3, -0.25) is 0 Å². The first kappa shape index (κ1) is 13.1. The molecule has 1 atom stereocenters. The molecule has 5 nitrogen and oxygen atoms in total. The van der Waals surface area contributed by atoms with Crippen LogP contribution in [-0.4, -0.2) is 42.9 Å². The average molecular weight is 251 g/mol. The van der Waals surface area contributed by atoms with Gasteiger partial charge in [0.15, 0.2) is 0 Å². The molecule has 1 saturated heterocycles. The smallest absolute Gasteiger partial charge is 0.218 e. The van der Waals surface area contributed by atoms with Gasteiger partial charge in [-0.15, -0.1) is 0 Å². The molecule has 5 heteroatoms. The van der Waals surface area contributed by atoms with E-state index in [9.17, 15) is 0 Å². The lowest BCUT2D eigenvalue weighted by molar-refractivity contribution is 0.0215. The van der Waals surface area contributed by atoms with E-state index in [4.69, 9.17) is 9.47 Å². The molecule has 18 heavy (non-hydrogen) atoms. The number of nitrogens with zero attached hydrogens (tertiary/aromatic N) is 3. The Labute approximate surface area is 108 Å². The minimum Gasteiger partial charge on any atom is -0.478 e. The number of ether oxygens (including phenoxy) is 2. The average Bonchev–Trinajstić information content (AvgIpc) is 2.40. The molecule has 100 valence electrons. The first-order valence-corrected chi connectivity index (χ1v) is 6.57. The molecule has 1 aromatic rings. The summed E-state index contributed by atoms with van der Waals surface area (Å²) in [5.74, 6) is 1.50. The first-order chi connectivity index (χ1) is 8.79. The van der Waals surface area contributed by atoms with Crippen molar-refractivity contribution in [2.75, 3.05) is 31.7 Å². The summed E-state index contributed by atoms with van der Waals surface area (Å²) in [5.41, 5.74) is 0. The van der Waals surface area contributed by atoms with Crippen molar-refractivity contribution in [1.82, 2.24) is 9.97 Å². The zero-order valence-electron chi connectivity index (χ0n) is 11.1. The van der Waals surface area contributed by atoms with Crippen LogP contribution >= 0.6 is 0 Å². The molecule has 1 aromatic heterocycles. The Hall–Kier alpha value is -1.36. The number of aromatic nitrogens is 2. The van der Waals surface area contributed by atoms with Crippen molar-refractivity contribution in [1.29, 1.82) is 0 Å². The minimum atomic E-state index is 0.314. The Morgan fingerprint density at radius 3 is 3.06 bits per heavy atom. The van der Waals surface area contributed by atoms with Gasteiger partial charge < -0.3 is 14.4 Å². The summed E-state index contributed by atoms with van der Waals surface area (Å²) in [7, 11) is 2.02. The van der Waals surface area contributed by atoms with E-state index in [1.165, 1.54) is 12.8 Å². The van der Waals surface area contributed by atoms with E-state index in [1.807, 2.05) is 20.0 Å². The van der Waals surface area contributed by atoms with Crippen LogP contribution in [-0.2, 0) is 4.74 Å². The second kappa shape index (κ2) is 6.54. The molecule has 1 fully saturated rings. The summed E-state index contributed by atoms with van der Waals surface area (Å²) in [6.07, 6.45) is 5.43. The van der Waals surface area contributed by atoms with Crippen LogP contribution in [0.25, 0.3) is 0 Å². The molecule has 2 rings (SSSR count). The predicted molar refractivity (Wildman–Crippen MR) is 70.1 cm³/mol. The van der Waals surface area contributed by atoms with E-state index < -0.39 is 0 Å². The van der Waals surface area contributed by atoms with E-state index in [0.717, 1.165) is 25.4 Å². The maximum atomic E-state index is 5.73. The monoisotopic (exact) mass is 251 g/mol. The van der Waals surface area contributed by atoms with E-state index in [0.29, 0.717) is 18.6 Å². The van der Waals surface area contributed by atoms with Crippen LogP contribution < -0.4 is 9.64 Å². The summed E-state index contributed by atoms with van der Waals surface area (Å²) >= 11 is 0. The molecule has 2 heterocycles. The topological polar surface area (TPSA) is 47.5 Å². The Morgan fingerprint density at radius 1 is 1.44 bits per heavy atom. The number of likely N-dealkylation sites (N-methyl/N-ethyl adjacent to an activating group) is 1. The highest BCUT2D eigenvalue weighted by atomic mass is 16.5. The normalized spacial score (nSPS) is 19.6. The highest BCUT2D eigenvalue weighted by Crippen LogP contribution is 2.18. The maximum absolute atomic E-state index is 5.73. The quantitative estimate of drug-likeness (QED) is 0.799. The van der Waals surface area contributed by atoms with Crippen molar-refractivity contribution < 1.29 is 9.47 Å². The standard InChI is InChI=1S/C13H21N3O2/c1-3-17-13-8-12(14-10-15-13)16(2)9-11-6-4-5-7-18-11/h8,10-11H,3-7,9H2,1-2H3/t11-/m1/s1. The molecule has 0 aliphatic carbocycles. The highest BCUT2D eigenvalue weighted by molar-refractivity contribution is 5.39. The second-order valence-electron chi connectivity index (χ2n) is 4.52. The second-order valence-corrected chi connectivity index (χ2v) is 4.52. The van der Waals surface area contributed by atoms with Crippen molar-refractivity contribution in [2.45, 2.75) is 32.3 Å². The van der Waals surface area contributed by atoms with Gasteiger partial charge in [0.1, 0.15) is 12.1 Å². The van der Waals surface area contributed by atoms with Crippen molar-refractivity contribution in [3.8, 4) is 5.88 Å². The number of hydrogen-bond acceptors (Lipinski definition) is 5. The van der Waals surface area contributed by atoms with Crippen molar-refractivity contribution >= 4 is 5.82 Å². The molecule has 0 N–H and O–H groups in total. The summed E-state index contributed by atoms with van der Waals surface area (Å²) in [4.78, 5) is 10.4. The van der Waals surface area contributed by atoms with Gasteiger partial charge in [0.2, 0.25) is 5.88 Å². The lowest BCUT2D eigenvalue weighted by atomic mass is 10.1. The van der Waals surface area contributed by atoms with Crippen LogP contribution in [0.3, 0.4) is 0 Å². The SMILES string of the molecule is CCOc1cc(N(C)C[C@H]2CCCCO2)ncn1. The fourth-order valence-electron chi connectivity index (χ4n) is 2.12. The van der Waals surface area contributed by atoms with E-state index in [2.05, 4.69) is 14.9 Å². The van der Waals surface area contributed by atoms with Crippen LogP contribution in [0, 0.1) is 0 Å². The van der Waals surface area contributed by atoms with E-state index in [-0.39, 0.29) is 0 Å². The van der Waals surface area contributed by atoms with Crippen LogP contribution in [0.2, 0.25) is 0 Å². The summed E-state index contributed by atoms with van der Waals surface area (Å²) in [6, 6.07) is 1.87. The van der Waals surface area contributed by atoms with Crippen LogP contribution in [0.1, 0.15) is 26.2 Å². The van der Waals surface area contributed by atoms with Gasteiger partial charge in [-0.1, -0.05) is 0 Å². The Bertz CT molecular complexity index is 367. The molecule has 1 aliphatic rings. The van der Waals surface area contributed by atoms with Gasteiger partial charge in [0.25, 0.3) is 0 Å². The van der Waals surface area contributed by atoms with E-state index >= 15 is 0 Å². The third-order valence-corrected chi connectivity index (χ3v) is 3.06. The Balaban J connectivity index is 1.94. The Morgan fingerprint density at radius 2 is 2.33 bits per heavy atom. The molecule has 0 unspecified atom stereocenters. The highest BCUT2D eigenvalue weighted by Gasteiger charge is 2.17. The third-order valence-electron chi connectivity index (χ3n) is 3.06. The number of hydrogen-bond donors (Lipinski definition) is 0. The van der Waals surface area contributed by atoms with Crippen molar-refractivity contribution in [3.63, 3.8) is 0 Å².